The van der Waals surface area contributed by atoms with Crippen LogP contribution in [0.25, 0.3) is 0 Å². The van der Waals surface area contributed by atoms with Gasteiger partial charge < -0.3 is 0 Å². The van der Waals surface area contributed by atoms with Crippen LogP contribution in [0.4, 0.5) is 0 Å². The van der Waals surface area contributed by atoms with Crippen molar-refractivity contribution in [3.8, 4) is 0 Å². The molecule has 92 valence electrons. The van der Waals surface area contributed by atoms with Gasteiger partial charge in [0.15, 0.2) is 0 Å². The number of nitro groups is 1. The van der Waals surface area contributed by atoms with Gasteiger partial charge in [0, 0.05) is 4.92 Å². The summed E-state index contributed by atoms with van der Waals surface area (Å²) in [7, 11) is 0. The number of hydrogen-bond donors (Lipinski definition) is 0. The molecule has 18 heavy (non-hydrogen) atoms. The van der Waals surface area contributed by atoms with E-state index >= 15 is 0 Å². The van der Waals surface area contributed by atoms with Crippen LogP contribution >= 0.6 is 0 Å². The Balaban J connectivity index is 2.51. The Labute approximate surface area is 106 Å². The summed E-state index contributed by atoms with van der Waals surface area (Å²) < 4.78 is 0. The minimum atomic E-state index is -0.591. The lowest BCUT2D eigenvalue weighted by Gasteiger charge is -2.26. The van der Waals surface area contributed by atoms with Crippen LogP contribution in [0.3, 0.4) is 0 Å². The maximum absolute atomic E-state index is 11.0. The Bertz CT molecular complexity index is 483. The molecule has 0 saturated carbocycles. The molecule has 2 aromatic carbocycles. The number of hydrogen-bond acceptors (Lipinski definition) is 2. The highest BCUT2D eigenvalue weighted by Crippen LogP contribution is 2.31. The van der Waals surface area contributed by atoms with Gasteiger partial charge in [-0.3, -0.25) is 10.1 Å². The molecule has 0 aliphatic carbocycles. The standard InChI is InChI=1S/C15H15NO2/c1-15(12-16(17)18,13-8-4-2-5-9-13)14-10-6-3-7-11-14/h2-11H,12H2,1H3. The van der Waals surface area contributed by atoms with Gasteiger partial charge in [0.2, 0.25) is 6.54 Å². The van der Waals surface area contributed by atoms with E-state index in [0.29, 0.717) is 0 Å². The Hall–Kier alpha value is -2.16. The largest absolute Gasteiger partial charge is 0.264 e. The monoisotopic (exact) mass is 241 g/mol. The molecule has 0 aliphatic rings. The zero-order valence-electron chi connectivity index (χ0n) is 10.2. The molecule has 0 saturated heterocycles. The number of nitrogens with zero attached hydrogens (tertiary/aromatic N) is 1. The Kier molecular flexibility index (Phi) is 3.42. The van der Waals surface area contributed by atoms with Crippen molar-refractivity contribution in [1.29, 1.82) is 0 Å². The maximum Gasteiger partial charge on any atom is 0.217 e. The normalized spacial score (nSPS) is 11.2. The van der Waals surface area contributed by atoms with E-state index in [-0.39, 0.29) is 11.5 Å². The fraction of sp³-hybridized carbons (Fsp3) is 0.200. The van der Waals surface area contributed by atoms with Gasteiger partial charge in [-0.05, 0) is 18.1 Å². The Morgan fingerprint density at radius 1 is 0.944 bits per heavy atom. The molecular formula is C15H15NO2. The summed E-state index contributed by atoms with van der Waals surface area (Å²) in [5.41, 5.74) is 1.34. The van der Waals surface area contributed by atoms with Gasteiger partial charge in [0.25, 0.3) is 0 Å². The average Bonchev–Trinajstić information content (AvgIpc) is 2.40. The van der Waals surface area contributed by atoms with Gasteiger partial charge in [-0.2, -0.15) is 0 Å². The van der Waals surface area contributed by atoms with Gasteiger partial charge in [-0.1, -0.05) is 60.7 Å². The SMILES string of the molecule is CC(C[N+](=O)[O-])(c1ccccc1)c1ccccc1. The van der Waals surface area contributed by atoms with Crippen molar-refractivity contribution in [2.24, 2.45) is 0 Å². The summed E-state index contributed by atoms with van der Waals surface area (Å²) in [6.07, 6.45) is 0. The molecule has 3 nitrogen and oxygen atoms in total. The van der Waals surface area contributed by atoms with Crippen molar-refractivity contribution in [1.82, 2.24) is 0 Å². The maximum atomic E-state index is 11.0. The van der Waals surface area contributed by atoms with E-state index in [0.717, 1.165) is 11.1 Å². The van der Waals surface area contributed by atoms with Crippen molar-refractivity contribution in [2.45, 2.75) is 12.3 Å². The number of benzene rings is 2. The molecule has 0 spiro atoms. The molecule has 0 N–H and O–H groups in total. The van der Waals surface area contributed by atoms with Crippen molar-refractivity contribution in [3.63, 3.8) is 0 Å². The van der Waals surface area contributed by atoms with E-state index in [1.807, 2.05) is 67.6 Å². The van der Waals surface area contributed by atoms with E-state index in [4.69, 9.17) is 0 Å². The predicted molar refractivity (Wildman–Crippen MR) is 71.2 cm³/mol. The zero-order chi connectivity index (χ0) is 13.0. The molecular weight excluding hydrogens is 226 g/mol. The minimum absolute atomic E-state index is 0.110. The lowest BCUT2D eigenvalue weighted by molar-refractivity contribution is -0.488. The fourth-order valence-electron chi connectivity index (χ4n) is 2.22. The first kappa shape index (κ1) is 12.3. The summed E-state index contributed by atoms with van der Waals surface area (Å²) in [4.78, 5) is 10.7. The minimum Gasteiger partial charge on any atom is -0.264 e. The van der Waals surface area contributed by atoms with Crippen molar-refractivity contribution < 1.29 is 4.92 Å². The van der Waals surface area contributed by atoms with E-state index < -0.39 is 5.41 Å². The first-order valence-electron chi connectivity index (χ1n) is 5.86. The third-order valence-electron chi connectivity index (χ3n) is 3.27. The molecule has 0 aromatic heterocycles. The molecule has 2 rings (SSSR count). The first-order valence-corrected chi connectivity index (χ1v) is 5.86. The fourth-order valence-corrected chi connectivity index (χ4v) is 2.22. The summed E-state index contributed by atoms with van der Waals surface area (Å²) in [5.74, 6) is 0. The summed E-state index contributed by atoms with van der Waals surface area (Å²) >= 11 is 0. The summed E-state index contributed by atoms with van der Waals surface area (Å²) in [6.45, 7) is 1.81. The zero-order valence-corrected chi connectivity index (χ0v) is 10.2. The van der Waals surface area contributed by atoms with Crippen LogP contribution < -0.4 is 0 Å². The van der Waals surface area contributed by atoms with Gasteiger partial charge >= 0.3 is 0 Å². The van der Waals surface area contributed by atoms with Crippen LogP contribution in [0.15, 0.2) is 60.7 Å². The van der Waals surface area contributed by atoms with Gasteiger partial charge in [-0.15, -0.1) is 0 Å². The van der Waals surface area contributed by atoms with E-state index in [9.17, 15) is 10.1 Å². The molecule has 3 heteroatoms. The van der Waals surface area contributed by atoms with Crippen LogP contribution in [0.1, 0.15) is 18.1 Å². The third-order valence-corrected chi connectivity index (χ3v) is 3.27. The van der Waals surface area contributed by atoms with Gasteiger partial charge in [0.05, 0.1) is 5.41 Å². The molecule has 0 bridgehead atoms. The van der Waals surface area contributed by atoms with Crippen molar-refractivity contribution in [2.75, 3.05) is 6.54 Å². The molecule has 0 atom stereocenters. The lowest BCUT2D eigenvalue weighted by atomic mass is 9.76. The highest BCUT2D eigenvalue weighted by molar-refractivity contribution is 5.38. The Morgan fingerprint density at radius 3 is 1.67 bits per heavy atom. The van der Waals surface area contributed by atoms with Crippen molar-refractivity contribution >= 4 is 0 Å². The lowest BCUT2D eigenvalue weighted by Crippen LogP contribution is -2.32. The topological polar surface area (TPSA) is 43.1 Å². The quantitative estimate of drug-likeness (QED) is 0.609. The smallest absolute Gasteiger partial charge is 0.217 e. The van der Waals surface area contributed by atoms with Gasteiger partial charge in [0.1, 0.15) is 0 Å². The average molecular weight is 241 g/mol. The molecule has 0 radical (unpaired) electrons. The van der Waals surface area contributed by atoms with Crippen LogP contribution in [0.2, 0.25) is 0 Å². The predicted octanol–water partition coefficient (Wildman–Crippen LogP) is 3.27. The van der Waals surface area contributed by atoms with Gasteiger partial charge in [-0.25, -0.2) is 0 Å². The molecule has 0 aliphatic heterocycles. The summed E-state index contributed by atoms with van der Waals surface area (Å²) in [5, 5.41) is 11.0. The van der Waals surface area contributed by atoms with Crippen LogP contribution in [0, 0.1) is 10.1 Å². The second kappa shape index (κ2) is 5.00. The molecule has 2 aromatic rings. The van der Waals surface area contributed by atoms with E-state index in [2.05, 4.69) is 0 Å². The van der Waals surface area contributed by atoms with Crippen LogP contribution in [0.5, 0.6) is 0 Å². The van der Waals surface area contributed by atoms with E-state index in [1.54, 1.807) is 0 Å². The van der Waals surface area contributed by atoms with E-state index in [1.165, 1.54) is 0 Å². The molecule has 0 fully saturated rings. The summed E-state index contributed by atoms with van der Waals surface area (Å²) in [6, 6.07) is 19.3. The van der Waals surface area contributed by atoms with Crippen molar-refractivity contribution in [3.05, 3.63) is 81.9 Å². The highest BCUT2D eigenvalue weighted by Gasteiger charge is 2.34. The first-order chi connectivity index (χ1) is 8.63. The molecule has 0 amide bonds. The number of rotatable bonds is 4. The van der Waals surface area contributed by atoms with Crippen LogP contribution in [-0.4, -0.2) is 11.5 Å². The Morgan fingerprint density at radius 2 is 1.33 bits per heavy atom. The third kappa shape index (κ3) is 2.40. The molecule has 0 unspecified atom stereocenters. The second-order valence-corrected chi connectivity index (χ2v) is 4.56. The molecule has 0 heterocycles. The second-order valence-electron chi connectivity index (χ2n) is 4.56. The van der Waals surface area contributed by atoms with Crippen LogP contribution in [-0.2, 0) is 5.41 Å². The highest BCUT2D eigenvalue weighted by atomic mass is 16.6.